The van der Waals surface area contributed by atoms with E-state index in [0.717, 1.165) is 28.8 Å². The highest BCUT2D eigenvalue weighted by Gasteiger charge is 2.27. The molecule has 0 aliphatic heterocycles. The number of aryl methyl sites for hydroxylation is 1. The van der Waals surface area contributed by atoms with Gasteiger partial charge in [0.1, 0.15) is 11.6 Å². The zero-order valence-corrected chi connectivity index (χ0v) is 11.0. The second kappa shape index (κ2) is 5.00. The van der Waals surface area contributed by atoms with E-state index in [1.54, 1.807) is 0 Å². The zero-order chi connectivity index (χ0) is 12.4. The van der Waals surface area contributed by atoms with Crippen LogP contribution in [0.5, 0.6) is 0 Å². The minimum atomic E-state index is 0.520. The number of nitrogen functional groups attached to an aromatic ring is 1. The highest BCUT2D eigenvalue weighted by molar-refractivity contribution is 5.44. The van der Waals surface area contributed by atoms with E-state index in [9.17, 15) is 0 Å². The Morgan fingerprint density at radius 1 is 1.29 bits per heavy atom. The van der Waals surface area contributed by atoms with Crippen molar-refractivity contribution in [3.05, 3.63) is 17.1 Å². The van der Waals surface area contributed by atoms with Crippen LogP contribution in [0.1, 0.15) is 55.6 Å². The minimum Gasteiger partial charge on any atom is -0.308 e. The lowest BCUT2D eigenvalue weighted by Gasteiger charge is -2.13. The molecule has 4 heteroatoms. The molecule has 4 nitrogen and oxygen atoms in total. The van der Waals surface area contributed by atoms with Crippen LogP contribution >= 0.6 is 0 Å². The van der Waals surface area contributed by atoms with E-state index in [-0.39, 0.29) is 0 Å². The molecule has 17 heavy (non-hydrogen) atoms. The van der Waals surface area contributed by atoms with Gasteiger partial charge in [0.15, 0.2) is 0 Å². The average Bonchev–Trinajstić information content (AvgIpc) is 2.81. The number of hydrogen-bond donors (Lipinski definition) is 2. The molecule has 2 unspecified atom stereocenters. The summed E-state index contributed by atoms with van der Waals surface area (Å²) >= 11 is 0. The lowest BCUT2D eigenvalue weighted by molar-refractivity contribution is 0.516. The minimum absolute atomic E-state index is 0.520. The van der Waals surface area contributed by atoms with E-state index in [4.69, 9.17) is 5.84 Å². The van der Waals surface area contributed by atoms with Crippen LogP contribution in [-0.4, -0.2) is 9.97 Å². The fourth-order valence-electron chi connectivity index (χ4n) is 2.65. The van der Waals surface area contributed by atoms with Gasteiger partial charge in [0.2, 0.25) is 0 Å². The van der Waals surface area contributed by atoms with Crippen molar-refractivity contribution in [1.29, 1.82) is 0 Å². The summed E-state index contributed by atoms with van der Waals surface area (Å²) in [5, 5.41) is 0. The van der Waals surface area contributed by atoms with Gasteiger partial charge in [-0.3, -0.25) is 0 Å². The molecule has 2 rings (SSSR count). The predicted octanol–water partition coefficient (Wildman–Crippen LogP) is 2.67. The second-order valence-corrected chi connectivity index (χ2v) is 5.07. The van der Waals surface area contributed by atoms with Crippen molar-refractivity contribution < 1.29 is 0 Å². The van der Waals surface area contributed by atoms with Crippen molar-refractivity contribution >= 4 is 5.82 Å². The lowest BCUT2D eigenvalue weighted by atomic mass is 10.0. The second-order valence-electron chi connectivity index (χ2n) is 5.07. The number of nitrogens with one attached hydrogen (secondary N) is 1. The molecule has 0 bridgehead atoms. The Balaban J connectivity index is 2.25. The summed E-state index contributed by atoms with van der Waals surface area (Å²) in [5.74, 6) is 8.61. The summed E-state index contributed by atoms with van der Waals surface area (Å²) in [6.45, 7) is 6.28. The molecular weight excluding hydrogens is 212 g/mol. The molecule has 1 aliphatic carbocycles. The Morgan fingerprint density at radius 3 is 2.65 bits per heavy atom. The first-order valence-corrected chi connectivity index (χ1v) is 6.47. The quantitative estimate of drug-likeness (QED) is 0.623. The first-order chi connectivity index (χ1) is 8.15. The van der Waals surface area contributed by atoms with Crippen molar-refractivity contribution in [1.82, 2.24) is 9.97 Å². The van der Waals surface area contributed by atoms with Crippen molar-refractivity contribution in [2.24, 2.45) is 11.8 Å². The van der Waals surface area contributed by atoms with E-state index in [2.05, 4.69) is 22.3 Å². The van der Waals surface area contributed by atoms with Crippen molar-refractivity contribution in [2.75, 3.05) is 5.43 Å². The van der Waals surface area contributed by atoms with Crippen molar-refractivity contribution in [2.45, 2.75) is 52.4 Å². The van der Waals surface area contributed by atoms with E-state index >= 15 is 0 Å². The van der Waals surface area contributed by atoms with Crippen LogP contribution in [0.25, 0.3) is 0 Å². The molecule has 3 N–H and O–H groups in total. The molecule has 0 spiro atoms. The summed E-state index contributed by atoms with van der Waals surface area (Å²) in [4.78, 5) is 9.18. The average molecular weight is 234 g/mol. The van der Waals surface area contributed by atoms with Crippen LogP contribution in [0.2, 0.25) is 0 Å². The number of nitrogens with zero attached hydrogens (tertiary/aromatic N) is 2. The van der Waals surface area contributed by atoms with Gasteiger partial charge >= 0.3 is 0 Å². The van der Waals surface area contributed by atoms with Gasteiger partial charge in [-0.15, -0.1) is 0 Å². The number of anilines is 1. The molecule has 1 aromatic heterocycles. The van der Waals surface area contributed by atoms with Crippen LogP contribution in [0.3, 0.4) is 0 Å². The molecule has 0 amide bonds. The molecule has 0 aromatic carbocycles. The first kappa shape index (κ1) is 12.3. The fourth-order valence-corrected chi connectivity index (χ4v) is 2.65. The van der Waals surface area contributed by atoms with Gasteiger partial charge < -0.3 is 5.43 Å². The van der Waals surface area contributed by atoms with Crippen LogP contribution in [0.15, 0.2) is 0 Å². The van der Waals surface area contributed by atoms with Crippen LogP contribution in [0, 0.1) is 19.8 Å². The number of hydrogen-bond acceptors (Lipinski definition) is 4. The van der Waals surface area contributed by atoms with Crippen molar-refractivity contribution in [3.63, 3.8) is 0 Å². The standard InChI is InChI=1S/C13H22N4/c1-4-10-5-6-11(7-10)13-15-9(3)8(2)12(16-13)17-14/h10-11H,4-7,14H2,1-3H3,(H,15,16,17). The molecule has 1 fully saturated rings. The Kier molecular flexibility index (Phi) is 3.62. The maximum atomic E-state index is 5.50. The third kappa shape index (κ3) is 2.41. The van der Waals surface area contributed by atoms with Gasteiger partial charge in [0.05, 0.1) is 0 Å². The Labute approximate surface area is 103 Å². The Hall–Kier alpha value is -1.16. The van der Waals surface area contributed by atoms with E-state index in [0.29, 0.717) is 5.92 Å². The Bertz CT molecular complexity index is 403. The van der Waals surface area contributed by atoms with Gasteiger partial charge in [-0.1, -0.05) is 13.3 Å². The summed E-state index contributed by atoms with van der Waals surface area (Å²) in [5.41, 5.74) is 4.75. The van der Waals surface area contributed by atoms with Gasteiger partial charge in [-0.25, -0.2) is 15.8 Å². The largest absolute Gasteiger partial charge is 0.308 e. The zero-order valence-electron chi connectivity index (χ0n) is 11.0. The number of aromatic nitrogens is 2. The van der Waals surface area contributed by atoms with Crippen LogP contribution in [-0.2, 0) is 0 Å². The molecule has 94 valence electrons. The highest BCUT2D eigenvalue weighted by Crippen LogP contribution is 2.38. The summed E-state index contributed by atoms with van der Waals surface area (Å²) in [6.07, 6.45) is 5.01. The summed E-state index contributed by atoms with van der Waals surface area (Å²) in [7, 11) is 0. The number of hydrazine groups is 1. The molecule has 1 aromatic rings. The molecule has 1 aliphatic rings. The molecule has 0 saturated heterocycles. The Morgan fingerprint density at radius 2 is 2.06 bits per heavy atom. The summed E-state index contributed by atoms with van der Waals surface area (Å²) < 4.78 is 0. The van der Waals surface area contributed by atoms with Crippen LogP contribution < -0.4 is 11.3 Å². The maximum Gasteiger partial charge on any atom is 0.146 e. The predicted molar refractivity (Wildman–Crippen MR) is 69.7 cm³/mol. The van der Waals surface area contributed by atoms with Gasteiger partial charge in [0, 0.05) is 17.2 Å². The van der Waals surface area contributed by atoms with Crippen LogP contribution in [0.4, 0.5) is 5.82 Å². The monoisotopic (exact) mass is 234 g/mol. The topological polar surface area (TPSA) is 63.8 Å². The molecular formula is C13H22N4. The molecule has 2 atom stereocenters. The van der Waals surface area contributed by atoms with Gasteiger partial charge in [-0.2, -0.15) is 0 Å². The molecule has 1 saturated carbocycles. The van der Waals surface area contributed by atoms with E-state index in [1.807, 2.05) is 13.8 Å². The normalized spacial score (nSPS) is 24.0. The highest BCUT2D eigenvalue weighted by atomic mass is 15.3. The van der Waals surface area contributed by atoms with Crippen molar-refractivity contribution in [3.8, 4) is 0 Å². The van der Waals surface area contributed by atoms with E-state index < -0.39 is 0 Å². The smallest absolute Gasteiger partial charge is 0.146 e. The number of rotatable bonds is 3. The third-order valence-corrected chi connectivity index (χ3v) is 4.03. The maximum absolute atomic E-state index is 5.50. The first-order valence-electron chi connectivity index (χ1n) is 6.47. The van der Waals surface area contributed by atoms with E-state index in [1.165, 1.54) is 25.7 Å². The fraction of sp³-hybridized carbons (Fsp3) is 0.692. The van der Waals surface area contributed by atoms with Gasteiger partial charge in [-0.05, 0) is 39.0 Å². The van der Waals surface area contributed by atoms with Gasteiger partial charge in [0.25, 0.3) is 0 Å². The SMILES string of the molecule is CCC1CCC(c2nc(C)c(C)c(NN)n2)C1. The summed E-state index contributed by atoms with van der Waals surface area (Å²) in [6, 6.07) is 0. The lowest BCUT2D eigenvalue weighted by Crippen LogP contribution is -2.14. The molecule has 1 heterocycles. The molecule has 0 radical (unpaired) electrons. The number of nitrogens with two attached hydrogens (primary N) is 1. The third-order valence-electron chi connectivity index (χ3n) is 4.03.